The van der Waals surface area contributed by atoms with Crippen molar-refractivity contribution in [1.82, 2.24) is 4.90 Å². The highest BCUT2D eigenvalue weighted by molar-refractivity contribution is 6.89. The van der Waals surface area contributed by atoms with Crippen LogP contribution in [0.4, 0.5) is 4.79 Å². The van der Waals surface area contributed by atoms with Gasteiger partial charge in [-0.15, -0.1) is 0 Å². The minimum absolute atomic E-state index is 0.218. The van der Waals surface area contributed by atoms with Crippen molar-refractivity contribution in [3.63, 3.8) is 0 Å². The molecule has 1 aliphatic rings. The van der Waals surface area contributed by atoms with E-state index in [1.165, 1.54) is 10.1 Å². The molecule has 0 radical (unpaired) electrons. The number of hydrogen-bond donors (Lipinski definition) is 1. The highest BCUT2D eigenvalue weighted by Crippen LogP contribution is 2.41. The first kappa shape index (κ1) is 24.4. The highest BCUT2D eigenvalue weighted by Gasteiger charge is 2.41. The Kier molecular flexibility index (Phi) is 6.79. The molecule has 0 unspecified atom stereocenters. The molecule has 30 heavy (non-hydrogen) atoms. The third kappa shape index (κ3) is 4.57. The van der Waals surface area contributed by atoms with E-state index in [2.05, 4.69) is 26.6 Å². The average Bonchev–Trinajstić information content (AvgIpc) is 2.92. The summed E-state index contributed by atoms with van der Waals surface area (Å²) in [6, 6.07) is -0.218. The summed E-state index contributed by atoms with van der Waals surface area (Å²) in [5.74, 6) is -0.393. The fraction of sp³-hybridized carbons (Fsp3) is 0.652. The number of carbonyl (C=O) groups excluding carboxylic acids is 1. The number of rotatable bonds is 5. The molecule has 1 heterocycles. The average molecular weight is 436 g/mol. The Bertz CT molecular complexity index is 851. The topological polar surface area (TPSA) is 76.1 Å². The van der Waals surface area contributed by atoms with Crippen LogP contribution < -0.4 is 5.19 Å². The van der Waals surface area contributed by atoms with Gasteiger partial charge in [0.05, 0.1) is 32.9 Å². The molecule has 0 spiro atoms. The van der Waals surface area contributed by atoms with Crippen LogP contribution in [-0.2, 0) is 20.8 Å². The number of carbonyl (C=O) groups is 2. The molecule has 7 heteroatoms. The summed E-state index contributed by atoms with van der Waals surface area (Å²) in [5.41, 5.74) is 4.44. The smallest absolute Gasteiger partial charge is 0.408 e. The number of amides is 1. The number of benzene rings is 1. The Morgan fingerprint density at radius 2 is 1.77 bits per heavy atom. The fourth-order valence-electron chi connectivity index (χ4n) is 4.67. The van der Waals surface area contributed by atoms with Gasteiger partial charge in [0.2, 0.25) is 0 Å². The molecule has 1 amide bonds. The Balaban J connectivity index is 2.87. The number of esters is 1. The minimum atomic E-state index is -1.94. The third-order valence-corrected chi connectivity index (χ3v) is 7.82. The molecule has 0 saturated heterocycles. The van der Waals surface area contributed by atoms with Gasteiger partial charge in [0, 0.05) is 0 Å². The van der Waals surface area contributed by atoms with Gasteiger partial charge in [-0.3, -0.25) is 4.90 Å². The normalized spacial score (nSPS) is 17.7. The lowest BCUT2D eigenvalue weighted by Crippen LogP contribution is -2.46. The van der Waals surface area contributed by atoms with E-state index < -0.39 is 31.8 Å². The molecule has 6 nitrogen and oxygen atoms in total. The number of ether oxygens (including phenoxy) is 2. The molecule has 0 fully saturated rings. The van der Waals surface area contributed by atoms with Crippen molar-refractivity contribution < 1.29 is 24.2 Å². The summed E-state index contributed by atoms with van der Waals surface area (Å²) in [5, 5.41) is 10.9. The van der Waals surface area contributed by atoms with Crippen LogP contribution in [0.3, 0.4) is 0 Å². The van der Waals surface area contributed by atoms with Crippen LogP contribution in [-0.4, -0.2) is 42.4 Å². The van der Waals surface area contributed by atoms with Crippen LogP contribution >= 0.6 is 0 Å². The zero-order valence-corrected chi connectivity index (χ0v) is 21.1. The molecule has 1 N–H and O–H groups in total. The summed E-state index contributed by atoms with van der Waals surface area (Å²) in [6.07, 6.45) is -1.77. The largest absolute Gasteiger partial charge is 0.465 e. The van der Waals surface area contributed by atoms with E-state index >= 15 is 0 Å². The van der Waals surface area contributed by atoms with E-state index in [1.54, 1.807) is 6.92 Å². The molecule has 1 aromatic rings. The zero-order valence-electron chi connectivity index (χ0n) is 20.1. The van der Waals surface area contributed by atoms with E-state index in [4.69, 9.17) is 9.47 Å². The van der Waals surface area contributed by atoms with Crippen molar-refractivity contribution in [3.05, 3.63) is 27.8 Å². The van der Waals surface area contributed by atoms with E-state index in [0.29, 0.717) is 6.54 Å². The van der Waals surface area contributed by atoms with Crippen molar-refractivity contribution in [2.75, 3.05) is 6.61 Å². The number of carboxylic acid groups (broad SMARTS) is 1. The van der Waals surface area contributed by atoms with Gasteiger partial charge in [0.15, 0.2) is 6.10 Å². The van der Waals surface area contributed by atoms with Gasteiger partial charge < -0.3 is 14.6 Å². The first-order valence-corrected chi connectivity index (χ1v) is 14.1. The van der Waals surface area contributed by atoms with E-state index in [-0.39, 0.29) is 12.6 Å². The highest BCUT2D eigenvalue weighted by atomic mass is 28.3. The molecule has 1 aliphatic heterocycles. The molecule has 168 valence electrons. The fourth-order valence-corrected chi connectivity index (χ4v) is 7.06. The molecule has 2 rings (SSSR count). The van der Waals surface area contributed by atoms with Gasteiger partial charge in [0.1, 0.15) is 0 Å². The second-order valence-corrected chi connectivity index (χ2v) is 15.1. The lowest BCUT2D eigenvalue weighted by molar-refractivity contribution is -0.166. The van der Waals surface area contributed by atoms with Gasteiger partial charge in [0.25, 0.3) is 0 Å². The maximum Gasteiger partial charge on any atom is 0.408 e. The Morgan fingerprint density at radius 1 is 1.20 bits per heavy atom. The van der Waals surface area contributed by atoms with E-state index in [1.807, 2.05) is 34.6 Å². The summed E-state index contributed by atoms with van der Waals surface area (Å²) >= 11 is 0. The van der Waals surface area contributed by atoms with Crippen LogP contribution in [0.5, 0.6) is 0 Å². The van der Waals surface area contributed by atoms with Crippen molar-refractivity contribution in [1.29, 1.82) is 0 Å². The monoisotopic (exact) mass is 435 g/mol. The number of nitrogens with zero attached hydrogens (tertiary/aromatic N) is 1. The van der Waals surface area contributed by atoms with Crippen LogP contribution in [0.15, 0.2) is 0 Å². The van der Waals surface area contributed by atoms with Gasteiger partial charge in [-0.1, -0.05) is 24.8 Å². The Hall–Kier alpha value is -1.86. The molecule has 0 aliphatic carbocycles. The first-order chi connectivity index (χ1) is 13.6. The van der Waals surface area contributed by atoms with Gasteiger partial charge in [-0.2, -0.15) is 0 Å². The second-order valence-electron chi connectivity index (χ2n) is 10.1. The first-order valence-electron chi connectivity index (χ1n) is 10.6. The van der Waals surface area contributed by atoms with Crippen molar-refractivity contribution in [3.8, 4) is 0 Å². The predicted octanol–water partition coefficient (Wildman–Crippen LogP) is 4.82. The van der Waals surface area contributed by atoms with Gasteiger partial charge in [-0.05, 0) is 76.3 Å². The minimum Gasteiger partial charge on any atom is -0.465 e. The third-order valence-electron chi connectivity index (χ3n) is 5.67. The molecular formula is C23H37NO5Si. The number of hydrogen-bond acceptors (Lipinski definition) is 4. The summed E-state index contributed by atoms with van der Waals surface area (Å²) in [4.78, 5) is 26.4. The molecule has 0 saturated carbocycles. The maximum absolute atomic E-state index is 13.1. The molecule has 0 bridgehead atoms. The van der Waals surface area contributed by atoms with Crippen LogP contribution in [0, 0.1) is 13.8 Å². The van der Waals surface area contributed by atoms with Crippen molar-refractivity contribution in [2.24, 2.45) is 0 Å². The quantitative estimate of drug-likeness (QED) is 0.530. The summed E-state index contributed by atoms with van der Waals surface area (Å²) in [6.45, 7) is 20.9. The maximum atomic E-state index is 13.1. The van der Waals surface area contributed by atoms with Crippen molar-refractivity contribution >= 4 is 25.3 Å². The Labute approximate surface area is 181 Å². The summed E-state index contributed by atoms with van der Waals surface area (Å²) < 4.78 is 11.7. The van der Waals surface area contributed by atoms with Crippen LogP contribution in [0.2, 0.25) is 19.6 Å². The molecule has 0 aromatic heterocycles. The molecule has 1 aromatic carbocycles. The van der Waals surface area contributed by atoms with Crippen molar-refractivity contribution in [2.45, 2.75) is 92.4 Å². The van der Waals surface area contributed by atoms with Crippen LogP contribution in [0.1, 0.15) is 74.6 Å². The zero-order chi connectivity index (χ0) is 23.2. The SMILES string of the molecule is CCOC(=O)[C@@H](OC(C)(C)C)c1c(C)c2c(c(C)c1[Si](C)(C)C)[C@@H](C)N(C(=O)O)C2. The predicted molar refractivity (Wildman–Crippen MR) is 121 cm³/mol. The standard InChI is InChI=1S/C23H37NO5Si/c1-11-28-21(25)19(29-23(5,6)7)18-13(2)16-12-24(22(26)27)15(4)17(16)14(3)20(18)30(8,9)10/h15,19H,11-12H2,1-10H3,(H,26,27)/t15-,19+/m1/s1. The lowest BCUT2D eigenvalue weighted by atomic mass is 9.89. The van der Waals surface area contributed by atoms with Crippen LogP contribution in [0.25, 0.3) is 0 Å². The summed E-state index contributed by atoms with van der Waals surface area (Å²) in [7, 11) is -1.94. The van der Waals surface area contributed by atoms with E-state index in [0.717, 1.165) is 27.8 Å². The molecule has 2 atom stereocenters. The van der Waals surface area contributed by atoms with Gasteiger partial charge in [-0.25, -0.2) is 9.59 Å². The lowest BCUT2D eigenvalue weighted by Gasteiger charge is -2.34. The number of fused-ring (bicyclic) bond motifs is 1. The van der Waals surface area contributed by atoms with Gasteiger partial charge >= 0.3 is 12.1 Å². The molecular weight excluding hydrogens is 398 g/mol. The Morgan fingerprint density at radius 3 is 2.20 bits per heavy atom. The van der Waals surface area contributed by atoms with E-state index in [9.17, 15) is 14.7 Å². The second kappa shape index (κ2) is 8.34.